The van der Waals surface area contributed by atoms with Crippen LogP contribution in [0.3, 0.4) is 0 Å². The van der Waals surface area contributed by atoms with Crippen LogP contribution in [0.4, 0.5) is 5.69 Å². The number of methoxy groups -OCH3 is 1. The maximum atomic E-state index is 9.28. The molecule has 0 saturated carbocycles. The van der Waals surface area contributed by atoms with Crippen LogP contribution in [0.15, 0.2) is 48.5 Å². The number of benzene rings is 3. The van der Waals surface area contributed by atoms with E-state index in [-0.39, 0.29) is 12.6 Å². The highest BCUT2D eigenvalue weighted by Crippen LogP contribution is 2.37. The minimum atomic E-state index is -0.334. The molecule has 0 bridgehead atoms. The SMILES string of the molecule is COc1ccc2c(c1N)CCN(Cc1ccc3cc(C(N)CO)ccc3c1)C2C. The van der Waals surface area contributed by atoms with Gasteiger partial charge >= 0.3 is 0 Å². The third-order valence-corrected chi connectivity index (χ3v) is 6.16. The number of hydrogen-bond donors (Lipinski definition) is 3. The maximum absolute atomic E-state index is 9.28. The average Bonchev–Trinajstić information content (AvgIpc) is 2.75. The fourth-order valence-corrected chi connectivity index (χ4v) is 4.35. The van der Waals surface area contributed by atoms with Crippen molar-refractivity contribution in [1.82, 2.24) is 4.90 Å². The van der Waals surface area contributed by atoms with E-state index in [1.54, 1.807) is 7.11 Å². The van der Waals surface area contributed by atoms with Gasteiger partial charge in [-0.3, -0.25) is 4.90 Å². The number of fused-ring (bicyclic) bond motifs is 2. The lowest BCUT2D eigenvalue weighted by Crippen LogP contribution is -2.34. The Kier molecular flexibility index (Phi) is 5.46. The summed E-state index contributed by atoms with van der Waals surface area (Å²) in [7, 11) is 1.66. The molecule has 4 rings (SSSR count). The average molecular weight is 392 g/mol. The summed E-state index contributed by atoms with van der Waals surface area (Å²) in [5.41, 5.74) is 17.8. The van der Waals surface area contributed by atoms with Gasteiger partial charge in [0.25, 0.3) is 0 Å². The largest absolute Gasteiger partial charge is 0.495 e. The first-order chi connectivity index (χ1) is 14.0. The van der Waals surface area contributed by atoms with Crippen LogP contribution in [-0.4, -0.2) is 30.3 Å². The van der Waals surface area contributed by atoms with Crippen LogP contribution in [0.25, 0.3) is 10.8 Å². The monoisotopic (exact) mass is 391 g/mol. The first kappa shape index (κ1) is 19.7. The molecule has 29 heavy (non-hydrogen) atoms. The lowest BCUT2D eigenvalue weighted by Gasteiger charge is -2.36. The smallest absolute Gasteiger partial charge is 0.142 e. The van der Waals surface area contributed by atoms with Crippen LogP contribution in [0.2, 0.25) is 0 Å². The first-order valence-electron chi connectivity index (χ1n) is 10.1. The van der Waals surface area contributed by atoms with Gasteiger partial charge in [0.2, 0.25) is 0 Å². The van der Waals surface area contributed by atoms with Crippen LogP contribution < -0.4 is 16.2 Å². The summed E-state index contributed by atoms with van der Waals surface area (Å²) in [6.07, 6.45) is 0.929. The van der Waals surface area contributed by atoms with Gasteiger partial charge in [-0.1, -0.05) is 30.3 Å². The molecular weight excluding hydrogens is 362 g/mol. The minimum Gasteiger partial charge on any atom is -0.495 e. The van der Waals surface area contributed by atoms with E-state index >= 15 is 0 Å². The molecular formula is C24H29N3O2. The minimum absolute atomic E-state index is 0.0473. The molecule has 3 aromatic rings. The Hall–Kier alpha value is -2.60. The number of anilines is 1. The normalized spacial score (nSPS) is 17.9. The van der Waals surface area contributed by atoms with Crippen molar-refractivity contribution >= 4 is 16.5 Å². The lowest BCUT2D eigenvalue weighted by molar-refractivity contribution is 0.190. The molecule has 0 spiro atoms. The Morgan fingerprint density at radius 1 is 1.14 bits per heavy atom. The van der Waals surface area contributed by atoms with Crippen molar-refractivity contribution in [3.63, 3.8) is 0 Å². The fourth-order valence-electron chi connectivity index (χ4n) is 4.35. The van der Waals surface area contributed by atoms with E-state index in [9.17, 15) is 5.11 Å². The van der Waals surface area contributed by atoms with Gasteiger partial charge in [0, 0.05) is 19.1 Å². The van der Waals surface area contributed by atoms with Crippen LogP contribution in [-0.2, 0) is 13.0 Å². The highest BCUT2D eigenvalue weighted by atomic mass is 16.5. The van der Waals surface area contributed by atoms with E-state index in [1.807, 2.05) is 12.1 Å². The second-order valence-electron chi connectivity index (χ2n) is 7.88. The van der Waals surface area contributed by atoms with Crippen molar-refractivity contribution in [1.29, 1.82) is 0 Å². The molecule has 1 aliphatic heterocycles. The standard InChI is InChI=1S/C24H29N3O2/c1-15-20-7-8-23(29-2)24(26)21(20)9-10-27(15)13-16-3-4-18-12-19(22(25)14-28)6-5-17(18)11-16/h3-8,11-12,15,22,28H,9-10,13-14,25-26H2,1-2H3. The summed E-state index contributed by atoms with van der Waals surface area (Å²) in [6.45, 7) is 4.05. The third-order valence-electron chi connectivity index (χ3n) is 6.16. The Bertz CT molecular complexity index is 1030. The van der Waals surface area contributed by atoms with E-state index in [2.05, 4.69) is 48.2 Å². The summed E-state index contributed by atoms with van der Waals surface area (Å²) in [6, 6.07) is 16.8. The second kappa shape index (κ2) is 8.03. The van der Waals surface area contributed by atoms with Gasteiger partial charge < -0.3 is 21.3 Å². The van der Waals surface area contributed by atoms with E-state index < -0.39 is 0 Å². The zero-order chi connectivity index (χ0) is 20.5. The van der Waals surface area contributed by atoms with Crippen molar-refractivity contribution in [2.24, 2.45) is 5.73 Å². The van der Waals surface area contributed by atoms with Crippen LogP contribution in [0.1, 0.15) is 41.3 Å². The molecule has 2 unspecified atom stereocenters. The molecule has 5 heteroatoms. The quantitative estimate of drug-likeness (QED) is 0.579. The van der Waals surface area contributed by atoms with Gasteiger partial charge in [0.15, 0.2) is 0 Å². The molecule has 0 fully saturated rings. The number of nitrogens with zero attached hydrogens (tertiary/aromatic N) is 1. The Labute approximate surface area is 171 Å². The van der Waals surface area contributed by atoms with Crippen LogP contribution in [0.5, 0.6) is 5.75 Å². The zero-order valence-corrected chi connectivity index (χ0v) is 17.1. The first-order valence-corrected chi connectivity index (χ1v) is 10.1. The van der Waals surface area contributed by atoms with Crippen LogP contribution >= 0.6 is 0 Å². The molecule has 0 saturated heterocycles. The van der Waals surface area contributed by atoms with Crippen molar-refractivity contribution < 1.29 is 9.84 Å². The summed E-state index contributed by atoms with van der Waals surface area (Å²) in [5.74, 6) is 0.763. The van der Waals surface area contributed by atoms with Gasteiger partial charge in [0.05, 0.1) is 25.4 Å². The molecule has 5 N–H and O–H groups in total. The van der Waals surface area contributed by atoms with Gasteiger partial charge in [-0.25, -0.2) is 0 Å². The molecule has 1 heterocycles. The van der Waals surface area contributed by atoms with Crippen molar-refractivity contribution in [2.75, 3.05) is 26.0 Å². The van der Waals surface area contributed by atoms with E-state index in [1.165, 1.54) is 22.1 Å². The molecule has 0 aromatic heterocycles. The Balaban J connectivity index is 1.56. The molecule has 1 aliphatic rings. The fraction of sp³-hybridized carbons (Fsp3) is 0.333. The predicted octanol–water partition coefficient (Wildman–Crippen LogP) is 3.54. The molecule has 0 amide bonds. The molecule has 0 radical (unpaired) electrons. The zero-order valence-electron chi connectivity index (χ0n) is 17.1. The van der Waals surface area contributed by atoms with E-state index in [0.717, 1.165) is 41.9 Å². The summed E-state index contributed by atoms with van der Waals surface area (Å²) in [4.78, 5) is 2.49. The molecule has 152 valence electrons. The number of hydrogen-bond acceptors (Lipinski definition) is 5. The highest BCUT2D eigenvalue weighted by Gasteiger charge is 2.26. The topological polar surface area (TPSA) is 84.7 Å². The number of rotatable bonds is 5. The molecule has 0 aliphatic carbocycles. The number of nitrogen functional groups attached to an aromatic ring is 1. The van der Waals surface area contributed by atoms with E-state index in [4.69, 9.17) is 16.2 Å². The van der Waals surface area contributed by atoms with Gasteiger partial charge in [-0.15, -0.1) is 0 Å². The van der Waals surface area contributed by atoms with Gasteiger partial charge in [-0.2, -0.15) is 0 Å². The highest BCUT2D eigenvalue weighted by molar-refractivity contribution is 5.84. The number of aliphatic hydroxyl groups excluding tert-OH is 1. The third kappa shape index (κ3) is 3.69. The number of ether oxygens (including phenoxy) is 1. The lowest BCUT2D eigenvalue weighted by atomic mass is 9.91. The maximum Gasteiger partial charge on any atom is 0.142 e. The predicted molar refractivity (Wildman–Crippen MR) is 118 cm³/mol. The van der Waals surface area contributed by atoms with Crippen molar-refractivity contribution in [3.8, 4) is 5.75 Å². The summed E-state index contributed by atoms with van der Waals surface area (Å²) < 4.78 is 5.38. The Morgan fingerprint density at radius 3 is 2.66 bits per heavy atom. The molecule has 2 atom stereocenters. The van der Waals surface area contributed by atoms with Crippen LogP contribution in [0, 0.1) is 0 Å². The number of nitrogens with two attached hydrogens (primary N) is 2. The summed E-state index contributed by atoms with van der Waals surface area (Å²) >= 11 is 0. The molecule has 3 aromatic carbocycles. The molecule has 5 nitrogen and oxygen atoms in total. The van der Waals surface area contributed by atoms with Crippen molar-refractivity contribution in [3.05, 3.63) is 70.8 Å². The van der Waals surface area contributed by atoms with E-state index in [0.29, 0.717) is 6.04 Å². The summed E-state index contributed by atoms with van der Waals surface area (Å²) in [5, 5.41) is 11.6. The second-order valence-corrected chi connectivity index (χ2v) is 7.88. The van der Waals surface area contributed by atoms with Gasteiger partial charge in [0.1, 0.15) is 5.75 Å². The Morgan fingerprint density at radius 2 is 1.90 bits per heavy atom. The van der Waals surface area contributed by atoms with Gasteiger partial charge in [-0.05, 0) is 64.6 Å². The van der Waals surface area contributed by atoms with Crippen molar-refractivity contribution in [2.45, 2.75) is 32.0 Å². The number of aliphatic hydroxyl groups is 1.